The summed E-state index contributed by atoms with van der Waals surface area (Å²) in [5, 5.41) is 6.78. The quantitative estimate of drug-likeness (QED) is 0.218. The van der Waals surface area contributed by atoms with Crippen LogP contribution in [0.1, 0.15) is 44.0 Å². The smallest absolute Gasteiger partial charge is 0.262 e. The fraction of sp³-hybridized carbons (Fsp3) is 0.250. The van der Waals surface area contributed by atoms with Crippen LogP contribution in [-0.4, -0.2) is 37.7 Å². The summed E-state index contributed by atoms with van der Waals surface area (Å²) in [6.45, 7) is 6.01. The molecule has 3 aromatic carbocycles. The summed E-state index contributed by atoms with van der Waals surface area (Å²) >= 11 is 6.26. The maximum atomic E-state index is 12.8. The maximum absolute atomic E-state index is 12.8. The molecule has 0 saturated carbocycles. The first-order valence-electron chi connectivity index (χ1n) is 12.5. The molecule has 40 heavy (non-hydrogen) atoms. The van der Waals surface area contributed by atoms with Crippen molar-refractivity contribution < 1.29 is 27.2 Å². The van der Waals surface area contributed by atoms with Gasteiger partial charge in [-0.25, -0.2) is 8.42 Å². The van der Waals surface area contributed by atoms with Crippen molar-refractivity contribution in [1.29, 1.82) is 0 Å². The normalized spacial score (nSPS) is 11.3. The number of carbonyl (C=O) groups excluding carboxylic acids is 1. The Kier molecular flexibility index (Phi) is 9.28. The Morgan fingerprint density at radius 1 is 1.00 bits per heavy atom. The van der Waals surface area contributed by atoms with Crippen LogP contribution in [0, 0.1) is 0 Å². The summed E-state index contributed by atoms with van der Waals surface area (Å²) in [5.41, 5.74) is 1.92. The van der Waals surface area contributed by atoms with E-state index in [2.05, 4.69) is 20.2 Å². The standard InChI is InChI=1S/C28H29ClN4O6S/c1-4-37-22-11-9-21(10-12-22)33-40(35,36)23-13-14-25(24(29)16-23)38-17-27(34)30-20-7-5-19(6-8-20)15-26-31-28(18(2)3)39-32-26/h5-14,16,18,33H,4,15,17H2,1-3H3,(H,30,34). The molecule has 0 spiro atoms. The maximum Gasteiger partial charge on any atom is 0.262 e. The number of sulfonamides is 1. The third-order valence-corrected chi connectivity index (χ3v) is 7.24. The van der Waals surface area contributed by atoms with Crippen molar-refractivity contribution in [3.63, 3.8) is 0 Å². The molecule has 0 unspecified atom stereocenters. The second-order valence-electron chi connectivity index (χ2n) is 9.07. The van der Waals surface area contributed by atoms with Gasteiger partial charge in [0, 0.05) is 23.7 Å². The molecule has 2 N–H and O–H groups in total. The summed E-state index contributed by atoms with van der Waals surface area (Å²) in [6.07, 6.45) is 0.507. The Morgan fingerprint density at radius 2 is 1.70 bits per heavy atom. The van der Waals surface area contributed by atoms with Gasteiger partial charge in [-0.2, -0.15) is 4.98 Å². The van der Waals surface area contributed by atoms with Crippen LogP contribution in [0.5, 0.6) is 11.5 Å². The number of ether oxygens (including phenoxy) is 2. The van der Waals surface area contributed by atoms with E-state index < -0.39 is 15.9 Å². The van der Waals surface area contributed by atoms with Gasteiger partial charge in [0.25, 0.3) is 15.9 Å². The van der Waals surface area contributed by atoms with E-state index in [0.29, 0.717) is 41.9 Å². The monoisotopic (exact) mass is 584 g/mol. The van der Waals surface area contributed by atoms with Crippen LogP contribution in [0.2, 0.25) is 5.02 Å². The molecule has 0 saturated heterocycles. The van der Waals surface area contributed by atoms with E-state index in [9.17, 15) is 13.2 Å². The Hall–Kier alpha value is -4.09. The van der Waals surface area contributed by atoms with E-state index >= 15 is 0 Å². The van der Waals surface area contributed by atoms with Crippen LogP contribution in [0.3, 0.4) is 0 Å². The van der Waals surface area contributed by atoms with E-state index in [4.69, 9.17) is 25.6 Å². The summed E-state index contributed by atoms with van der Waals surface area (Å²) in [7, 11) is -3.90. The van der Waals surface area contributed by atoms with Crippen molar-refractivity contribution in [2.45, 2.75) is 38.0 Å². The Morgan fingerprint density at radius 3 is 2.33 bits per heavy atom. The lowest BCUT2D eigenvalue weighted by molar-refractivity contribution is -0.118. The Bertz CT molecular complexity index is 1550. The number of hydrogen-bond acceptors (Lipinski definition) is 8. The highest BCUT2D eigenvalue weighted by Gasteiger charge is 2.17. The van der Waals surface area contributed by atoms with Crippen molar-refractivity contribution in [2.24, 2.45) is 0 Å². The highest BCUT2D eigenvalue weighted by atomic mass is 35.5. The topological polar surface area (TPSA) is 133 Å². The minimum absolute atomic E-state index is 0.0498. The minimum Gasteiger partial charge on any atom is -0.494 e. The van der Waals surface area contributed by atoms with Crippen molar-refractivity contribution in [2.75, 3.05) is 23.3 Å². The second-order valence-corrected chi connectivity index (χ2v) is 11.2. The van der Waals surface area contributed by atoms with Crippen molar-refractivity contribution in [3.8, 4) is 11.5 Å². The highest BCUT2D eigenvalue weighted by Crippen LogP contribution is 2.29. The molecule has 0 atom stereocenters. The largest absolute Gasteiger partial charge is 0.494 e. The first kappa shape index (κ1) is 28.9. The van der Waals surface area contributed by atoms with Crippen LogP contribution >= 0.6 is 11.6 Å². The predicted molar refractivity (Wildman–Crippen MR) is 152 cm³/mol. The van der Waals surface area contributed by atoms with Crippen molar-refractivity contribution in [1.82, 2.24) is 10.1 Å². The first-order chi connectivity index (χ1) is 19.1. The number of halogens is 1. The van der Waals surface area contributed by atoms with E-state index in [0.717, 1.165) is 5.56 Å². The summed E-state index contributed by atoms with van der Waals surface area (Å²) in [6, 6.07) is 17.8. The van der Waals surface area contributed by atoms with Gasteiger partial charge >= 0.3 is 0 Å². The van der Waals surface area contributed by atoms with Gasteiger partial charge in [0.1, 0.15) is 11.5 Å². The molecule has 1 amide bonds. The van der Waals surface area contributed by atoms with Gasteiger partial charge in [-0.3, -0.25) is 9.52 Å². The molecule has 12 heteroatoms. The van der Waals surface area contributed by atoms with Crippen LogP contribution in [0.15, 0.2) is 76.1 Å². The molecule has 4 aromatic rings. The number of nitrogens with zero attached hydrogens (tertiary/aromatic N) is 2. The molecule has 0 fully saturated rings. The van der Waals surface area contributed by atoms with E-state index in [-0.39, 0.29) is 28.2 Å². The molecule has 10 nitrogen and oxygen atoms in total. The summed E-state index contributed by atoms with van der Waals surface area (Å²) < 4.78 is 44.2. The van der Waals surface area contributed by atoms with E-state index in [1.807, 2.05) is 32.9 Å². The summed E-state index contributed by atoms with van der Waals surface area (Å²) in [4.78, 5) is 16.7. The van der Waals surface area contributed by atoms with Gasteiger partial charge in [0.05, 0.1) is 16.5 Å². The van der Waals surface area contributed by atoms with Crippen molar-refractivity contribution >= 4 is 38.9 Å². The minimum atomic E-state index is -3.90. The Balaban J connectivity index is 1.29. The lowest BCUT2D eigenvalue weighted by Crippen LogP contribution is -2.20. The molecule has 0 aliphatic carbocycles. The lowest BCUT2D eigenvalue weighted by Gasteiger charge is -2.12. The fourth-order valence-corrected chi connectivity index (χ4v) is 4.95. The molecule has 0 aliphatic heterocycles. The van der Waals surface area contributed by atoms with Gasteiger partial charge in [-0.1, -0.05) is 42.7 Å². The van der Waals surface area contributed by atoms with Crippen LogP contribution in [-0.2, 0) is 21.2 Å². The van der Waals surface area contributed by atoms with Crippen LogP contribution < -0.4 is 19.5 Å². The summed E-state index contributed by atoms with van der Waals surface area (Å²) in [5.74, 6) is 1.75. The average molecular weight is 585 g/mol. The zero-order chi connectivity index (χ0) is 28.7. The van der Waals surface area contributed by atoms with Crippen LogP contribution in [0.4, 0.5) is 11.4 Å². The first-order valence-corrected chi connectivity index (χ1v) is 14.4. The predicted octanol–water partition coefficient (Wildman–Crippen LogP) is 5.65. The van der Waals surface area contributed by atoms with Gasteiger partial charge in [0.2, 0.25) is 5.89 Å². The fourth-order valence-electron chi connectivity index (χ4n) is 3.57. The van der Waals surface area contributed by atoms with Gasteiger partial charge in [-0.15, -0.1) is 0 Å². The Labute approximate surface area is 237 Å². The molecule has 4 rings (SSSR count). The molecule has 0 aliphatic rings. The number of nitrogens with one attached hydrogen (secondary N) is 2. The number of amides is 1. The second kappa shape index (κ2) is 12.8. The number of anilines is 2. The molecule has 0 radical (unpaired) electrons. The van der Waals surface area contributed by atoms with Gasteiger partial charge in [-0.05, 0) is 67.1 Å². The van der Waals surface area contributed by atoms with E-state index in [1.165, 1.54) is 18.2 Å². The molecule has 1 aromatic heterocycles. The zero-order valence-electron chi connectivity index (χ0n) is 22.2. The van der Waals surface area contributed by atoms with Crippen molar-refractivity contribution in [3.05, 3.63) is 89.0 Å². The van der Waals surface area contributed by atoms with Gasteiger partial charge in [0.15, 0.2) is 12.4 Å². The van der Waals surface area contributed by atoms with E-state index in [1.54, 1.807) is 36.4 Å². The number of rotatable bonds is 12. The molecule has 0 bridgehead atoms. The number of hydrogen-bond donors (Lipinski definition) is 2. The molecular formula is C28H29ClN4O6S. The molecule has 1 heterocycles. The molecular weight excluding hydrogens is 556 g/mol. The number of aromatic nitrogens is 2. The number of carbonyl (C=O) groups is 1. The lowest BCUT2D eigenvalue weighted by atomic mass is 10.1. The third kappa shape index (κ3) is 7.73. The van der Waals surface area contributed by atoms with Crippen LogP contribution in [0.25, 0.3) is 0 Å². The third-order valence-electron chi connectivity index (χ3n) is 5.57. The van der Waals surface area contributed by atoms with Gasteiger partial charge < -0.3 is 19.3 Å². The number of benzene rings is 3. The zero-order valence-corrected chi connectivity index (χ0v) is 23.8. The molecule has 210 valence electrons. The highest BCUT2D eigenvalue weighted by molar-refractivity contribution is 7.92. The average Bonchev–Trinajstić information content (AvgIpc) is 3.39. The SMILES string of the molecule is CCOc1ccc(NS(=O)(=O)c2ccc(OCC(=O)Nc3ccc(Cc4noc(C(C)C)n4)cc3)c(Cl)c2)cc1.